The normalized spacial score (nSPS) is 14.6. The van der Waals surface area contributed by atoms with Crippen LogP contribution in [0.1, 0.15) is 188 Å². The number of phosphoric acid groups is 1. The zero-order chi connectivity index (χ0) is 56.9. The van der Waals surface area contributed by atoms with Crippen molar-refractivity contribution < 1.29 is 52.2 Å². The van der Waals surface area contributed by atoms with E-state index in [1.807, 2.05) is 12.2 Å². The molecule has 78 heavy (non-hydrogen) atoms. The standard InChI is InChI=1S/C66H101O11P/c1-4-7-10-13-16-19-22-25-27-29-31-33-35-38-41-44-47-50-53-56-65(69)76-62(58-67)60-74-78(71,72)75-61-63(59-73-64(68)55-52-49-46-43-40-37-24-21-18-15-12-9-6-3)77-66(70)57-54-51-48-45-42-39-36-34-32-30-28-26-23-20-17-14-11-8-5-2/h7-12,16-21,25-28,31-34,37-42,48,51,62-63,67H,4-6,13-15,22-24,29-30,35-36,43-47,49-50,52-61H2,1-3H3,(H,71,72)/b10-7-,11-8-,12-9-,19-16-,20-17-,21-18-,27-25-,28-26-,33-31-,34-32-,40-37-,41-38-,42-39-,51-48-. The molecular formula is C66H101O11P. The van der Waals surface area contributed by atoms with E-state index in [4.69, 9.17) is 23.3 Å². The topological polar surface area (TPSA) is 155 Å². The SMILES string of the molecule is CC/C=C\C/C=C\C/C=C\C/C=C\C/C=C\C/C=C\CCC(=O)OC(COC(=O)CCCCC/C=C\C/C=C\C/C=C\CC)COP(=O)(O)OCC(CO)OC(=O)CCCCC/C=C\C/C=C\C/C=C\C/C=C\C/C=C\CC. The Morgan fingerprint density at radius 2 is 0.654 bits per heavy atom. The number of phosphoric ester groups is 1. The van der Waals surface area contributed by atoms with E-state index in [2.05, 4.69) is 179 Å². The molecule has 0 aromatic rings. The van der Waals surface area contributed by atoms with Gasteiger partial charge >= 0.3 is 25.7 Å². The average Bonchev–Trinajstić information content (AvgIpc) is 3.43. The molecule has 0 aromatic heterocycles. The molecule has 0 spiro atoms. The van der Waals surface area contributed by atoms with Gasteiger partial charge in [-0.15, -0.1) is 0 Å². The first-order valence-corrected chi connectivity index (χ1v) is 30.5. The van der Waals surface area contributed by atoms with Gasteiger partial charge in [0.25, 0.3) is 0 Å². The molecule has 436 valence electrons. The second kappa shape index (κ2) is 58.0. The first-order chi connectivity index (χ1) is 38.2. The van der Waals surface area contributed by atoms with Crippen LogP contribution in [0, 0.1) is 0 Å². The molecule has 0 heterocycles. The van der Waals surface area contributed by atoms with Crippen molar-refractivity contribution in [2.75, 3.05) is 26.4 Å². The predicted molar refractivity (Wildman–Crippen MR) is 325 cm³/mol. The van der Waals surface area contributed by atoms with Crippen LogP contribution in [0.4, 0.5) is 0 Å². The Bertz CT molecular complexity index is 1960. The van der Waals surface area contributed by atoms with E-state index >= 15 is 0 Å². The molecule has 0 aliphatic heterocycles. The van der Waals surface area contributed by atoms with Gasteiger partial charge in [0.1, 0.15) is 12.7 Å². The Morgan fingerprint density at radius 3 is 1.01 bits per heavy atom. The summed E-state index contributed by atoms with van der Waals surface area (Å²) in [6.07, 6.45) is 77.6. The monoisotopic (exact) mass is 1100 g/mol. The number of aliphatic hydroxyl groups is 1. The van der Waals surface area contributed by atoms with E-state index in [1.54, 1.807) is 0 Å². The molecule has 0 fully saturated rings. The summed E-state index contributed by atoms with van der Waals surface area (Å²) in [5.74, 6) is -1.66. The van der Waals surface area contributed by atoms with E-state index in [-0.39, 0.29) is 19.3 Å². The summed E-state index contributed by atoms with van der Waals surface area (Å²) in [6, 6.07) is 0. The zero-order valence-corrected chi connectivity index (χ0v) is 48.9. The molecule has 3 atom stereocenters. The van der Waals surface area contributed by atoms with Gasteiger partial charge in [0, 0.05) is 19.3 Å². The lowest BCUT2D eigenvalue weighted by atomic mass is 10.1. The summed E-state index contributed by atoms with van der Waals surface area (Å²) in [5.41, 5.74) is 0. The summed E-state index contributed by atoms with van der Waals surface area (Å²) >= 11 is 0. The number of unbranched alkanes of at least 4 members (excludes halogenated alkanes) is 6. The van der Waals surface area contributed by atoms with Crippen molar-refractivity contribution in [1.29, 1.82) is 0 Å². The molecule has 0 bridgehead atoms. The van der Waals surface area contributed by atoms with Crippen LogP contribution >= 0.6 is 7.82 Å². The van der Waals surface area contributed by atoms with Crippen molar-refractivity contribution in [3.05, 3.63) is 170 Å². The molecule has 0 saturated heterocycles. The molecule has 0 radical (unpaired) electrons. The van der Waals surface area contributed by atoms with Gasteiger partial charge in [0.15, 0.2) is 6.10 Å². The number of esters is 3. The van der Waals surface area contributed by atoms with Crippen LogP contribution in [0.5, 0.6) is 0 Å². The lowest BCUT2D eigenvalue weighted by molar-refractivity contribution is -0.161. The number of hydrogen-bond acceptors (Lipinski definition) is 10. The van der Waals surface area contributed by atoms with E-state index in [0.29, 0.717) is 25.7 Å². The quantitative estimate of drug-likeness (QED) is 0.0197. The number of hydrogen-bond donors (Lipinski definition) is 2. The van der Waals surface area contributed by atoms with Gasteiger partial charge in [-0.2, -0.15) is 0 Å². The molecule has 3 unspecified atom stereocenters. The minimum Gasteiger partial charge on any atom is -0.462 e. The van der Waals surface area contributed by atoms with Gasteiger partial charge in [-0.25, -0.2) is 4.57 Å². The van der Waals surface area contributed by atoms with Gasteiger partial charge in [-0.05, 0) is 135 Å². The van der Waals surface area contributed by atoms with Gasteiger partial charge in [-0.3, -0.25) is 23.4 Å². The third kappa shape index (κ3) is 55.6. The number of carbonyl (C=O) groups is 3. The fourth-order valence-corrected chi connectivity index (χ4v) is 7.62. The van der Waals surface area contributed by atoms with Crippen molar-refractivity contribution in [3.63, 3.8) is 0 Å². The van der Waals surface area contributed by atoms with Crippen molar-refractivity contribution in [1.82, 2.24) is 0 Å². The smallest absolute Gasteiger partial charge is 0.462 e. The van der Waals surface area contributed by atoms with Gasteiger partial charge < -0.3 is 24.2 Å². The lowest BCUT2D eigenvalue weighted by Gasteiger charge is -2.21. The molecule has 0 aliphatic carbocycles. The number of rotatable bonds is 51. The second-order valence-corrected chi connectivity index (χ2v) is 19.8. The van der Waals surface area contributed by atoms with Crippen LogP contribution in [0.3, 0.4) is 0 Å². The van der Waals surface area contributed by atoms with Crippen LogP contribution < -0.4 is 0 Å². The Hall–Kier alpha value is -5.16. The van der Waals surface area contributed by atoms with E-state index < -0.39 is 64.4 Å². The number of allylic oxidation sites excluding steroid dienone is 28. The molecule has 0 rings (SSSR count). The van der Waals surface area contributed by atoms with Crippen molar-refractivity contribution in [3.8, 4) is 0 Å². The highest BCUT2D eigenvalue weighted by molar-refractivity contribution is 7.47. The molecule has 0 saturated carbocycles. The summed E-state index contributed by atoms with van der Waals surface area (Å²) in [5, 5.41) is 9.82. The molecule has 0 amide bonds. The molecular weight excluding hydrogens is 1000 g/mol. The van der Waals surface area contributed by atoms with Crippen LogP contribution in [-0.4, -0.2) is 66.5 Å². The second-order valence-electron chi connectivity index (χ2n) is 18.3. The highest BCUT2D eigenvalue weighted by Crippen LogP contribution is 2.43. The largest absolute Gasteiger partial charge is 0.472 e. The maximum Gasteiger partial charge on any atom is 0.472 e. The molecule has 0 aliphatic rings. The maximum absolute atomic E-state index is 12.9. The van der Waals surface area contributed by atoms with Crippen LogP contribution in [0.25, 0.3) is 0 Å². The molecule has 2 N–H and O–H groups in total. The van der Waals surface area contributed by atoms with Crippen LogP contribution in [0.15, 0.2) is 170 Å². The Kier molecular flexibility index (Phi) is 54.2. The Labute approximate surface area is 472 Å². The number of carbonyl (C=O) groups excluding carboxylic acids is 3. The first kappa shape index (κ1) is 72.8. The number of ether oxygens (including phenoxy) is 3. The molecule has 11 nitrogen and oxygen atoms in total. The van der Waals surface area contributed by atoms with E-state index in [0.717, 1.165) is 122 Å². The van der Waals surface area contributed by atoms with Gasteiger partial charge in [0.2, 0.25) is 0 Å². The van der Waals surface area contributed by atoms with Crippen molar-refractivity contribution in [2.45, 2.75) is 200 Å². The highest BCUT2D eigenvalue weighted by Gasteiger charge is 2.28. The zero-order valence-electron chi connectivity index (χ0n) is 48.0. The van der Waals surface area contributed by atoms with Gasteiger partial charge in [0.05, 0.1) is 19.8 Å². The Balaban J connectivity index is 4.89. The van der Waals surface area contributed by atoms with Crippen LogP contribution in [0.2, 0.25) is 0 Å². The van der Waals surface area contributed by atoms with Crippen molar-refractivity contribution >= 4 is 25.7 Å². The van der Waals surface area contributed by atoms with Gasteiger partial charge in [-0.1, -0.05) is 204 Å². The fourth-order valence-electron chi connectivity index (χ4n) is 6.83. The average molecular weight is 1100 g/mol. The van der Waals surface area contributed by atoms with E-state index in [1.165, 1.54) is 0 Å². The van der Waals surface area contributed by atoms with E-state index in [9.17, 15) is 28.9 Å². The summed E-state index contributed by atoms with van der Waals surface area (Å²) in [7, 11) is -4.80. The summed E-state index contributed by atoms with van der Waals surface area (Å²) in [6.45, 7) is 4.11. The molecule has 0 aromatic carbocycles. The summed E-state index contributed by atoms with van der Waals surface area (Å²) in [4.78, 5) is 48.5. The third-order valence-electron chi connectivity index (χ3n) is 11.1. The molecule has 12 heteroatoms. The maximum atomic E-state index is 12.9. The minimum absolute atomic E-state index is 0.0226. The first-order valence-electron chi connectivity index (χ1n) is 29.0. The lowest BCUT2D eigenvalue weighted by Crippen LogP contribution is -2.30. The number of aliphatic hydroxyl groups excluding tert-OH is 1. The fraction of sp³-hybridized carbons (Fsp3) is 0.530. The third-order valence-corrected chi connectivity index (χ3v) is 12.1. The summed E-state index contributed by atoms with van der Waals surface area (Å²) < 4.78 is 39.4. The Morgan fingerprint density at radius 1 is 0.359 bits per heavy atom. The minimum atomic E-state index is -4.80. The van der Waals surface area contributed by atoms with Crippen molar-refractivity contribution in [2.24, 2.45) is 0 Å². The van der Waals surface area contributed by atoms with Crippen LogP contribution in [-0.2, 0) is 42.2 Å². The predicted octanol–water partition coefficient (Wildman–Crippen LogP) is 17.5. The highest BCUT2D eigenvalue weighted by atomic mass is 31.2.